The first-order valence-corrected chi connectivity index (χ1v) is 16.7. The number of hydrogen-bond acceptors (Lipinski definition) is 11. The van der Waals surface area contributed by atoms with Crippen molar-refractivity contribution in [2.45, 2.75) is 70.7 Å². The molecule has 17 heteroatoms. The lowest BCUT2D eigenvalue weighted by Gasteiger charge is -2.32. The van der Waals surface area contributed by atoms with Crippen LogP contribution in [0.3, 0.4) is 0 Å². The smallest absolute Gasteiger partial charge is 0.248 e. The molecule has 0 radical (unpaired) electrons. The second kappa shape index (κ2) is 18.6. The molecule has 282 valence electrons. The van der Waals surface area contributed by atoms with Gasteiger partial charge >= 0.3 is 0 Å². The van der Waals surface area contributed by atoms with Gasteiger partial charge in [0.15, 0.2) is 5.78 Å². The van der Waals surface area contributed by atoms with Crippen LogP contribution >= 0.6 is 0 Å². The Morgan fingerprint density at radius 2 is 1.50 bits per heavy atom. The Morgan fingerprint density at radius 3 is 2.06 bits per heavy atom. The van der Waals surface area contributed by atoms with Gasteiger partial charge < -0.3 is 52.8 Å². The summed E-state index contributed by atoms with van der Waals surface area (Å²) in [5.41, 5.74) is 18.6. The maximum atomic E-state index is 14.2. The van der Waals surface area contributed by atoms with E-state index in [0.717, 1.165) is 11.8 Å². The number of ketones is 1. The number of carbonyl (C=O) groups is 7. The summed E-state index contributed by atoms with van der Waals surface area (Å²) >= 11 is 0. The highest BCUT2D eigenvalue weighted by atomic mass is 16.5. The summed E-state index contributed by atoms with van der Waals surface area (Å²) in [6.45, 7) is 6.03. The molecule has 0 saturated carbocycles. The predicted octanol–water partition coefficient (Wildman–Crippen LogP) is -1.45. The minimum Gasteiger partial charge on any atom is -0.492 e. The molecule has 1 aliphatic heterocycles. The molecule has 0 aromatic heterocycles. The topological polar surface area (TPSA) is 267 Å². The van der Waals surface area contributed by atoms with E-state index in [9.17, 15) is 33.6 Å². The van der Waals surface area contributed by atoms with Crippen LogP contribution in [0.25, 0.3) is 11.1 Å². The van der Waals surface area contributed by atoms with Gasteiger partial charge in [-0.05, 0) is 56.2 Å². The number of Topliss-reactive ketones (excluding diaryl/α,β-unsaturated/α-hetero) is 1. The zero-order chi connectivity index (χ0) is 38.7. The van der Waals surface area contributed by atoms with Crippen molar-refractivity contribution < 1.29 is 43.0 Å². The van der Waals surface area contributed by atoms with E-state index >= 15 is 0 Å². The van der Waals surface area contributed by atoms with E-state index in [1.807, 2.05) is 0 Å². The van der Waals surface area contributed by atoms with Crippen molar-refractivity contribution in [2.75, 3.05) is 33.4 Å². The highest BCUT2D eigenvalue weighted by Crippen LogP contribution is 2.40. The molecule has 4 bridgehead atoms. The number of nitrogens with one attached hydrogen (secondary N) is 4. The van der Waals surface area contributed by atoms with Crippen molar-refractivity contribution in [3.8, 4) is 22.6 Å². The summed E-state index contributed by atoms with van der Waals surface area (Å²) in [4.78, 5) is 91.9. The molecular weight excluding hydrogens is 676 g/mol. The van der Waals surface area contributed by atoms with Crippen molar-refractivity contribution in [2.24, 2.45) is 17.2 Å². The maximum absolute atomic E-state index is 14.2. The van der Waals surface area contributed by atoms with E-state index < -0.39 is 72.1 Å². The highest BCUT2D eigenvalue weighted by Gasteiger charge is 2.36. The second-order valence-electron chi connectivity index (χ2n) is 12.5. The van der Waals surface area contributed by atoms with Crippen LogP contribution in [0.4, 0.5) is 0 Å². The lowest BCUT2D eigenvalue weighted by atomic mass is 9.93. The maximum Gasteiger partial charge on any atom is 0.248 e. The third kappa shape index (κ3) is 10.7. The first-order chi connectivity index (χ1) is 24.6. The van der Waals surface area contributed by atoms with Gasteiger partial charge in [0, 0.05) is 44.6 Å². The zero-order valence-electron chi connectivity index (χ0n) is 29.9. The van der Waals surface area contributed by atoms with Crippen LogP contribution in [0, 0.1) is 0 Å². The number of likely N-dealkylation sites (N-methyl/N-ethyl adjacent to an activating group) is 1. The Balaban J connectivity index is 2.32. The molecule has 52 heavy (non-hydrogen) atoms. The molecule has 0 fully saturated rings. The summed E-state index contributed by atoms with van der Waals surface area (Å²) in [6, 6.07) is 3.79. The average molecular weight is 725 g/mol. The second-order valence-corrected chi connectivity index (χ2v) is 12.5. The molecule has 2 aromatic rings. The number of nitrogens with two attached hydrogens (primary N) is 3. The first kappa shape index (κ1) is 40.9. The monoisotopic (exact) mass is 724 g/mol. The Bertz CT molecular complexity index is 1670. The quantitative estimate of drug-likeness (QED) is 0.118. The van der Waals surface area contributed by atoms with Crippen molar-refractivity contribution in [3.63, 3.8) is 0 Å². The van der Waals surface area contributed by atoms with E-state index in [1.165, 1.54) is 27.8 Å². The normalized spacial score (nSPS) is 18.3. The van der Waals surface area contributed by atoms with Gasteiger partial charge in [0.2, 0.25) is 35.4 Å². The van der Waals surface area contributed by atoms with Crippen LogP contribution in [0.5, 0.6) is 11.5 Å². The minimum atomic E-state index is -1.44. The molecule has 2 aromatic carbocycles. The zero-order valence-corrected chi connectivity index (χ0v) is 29.9. The minimum absolute atomic E-state index is 0.0179. The SMILES string of the molecule is CC(=O)N[C@@H](CC(N)=O)C(=O)N(C)[C@@H]1C(=O)N[C@@H](C)C(=O)N[C@H](C(=O)N[C@@H](C)C(C)=O)Cc2ccc(OCCN)c(c2)-c2cc1ccc2OCCN. The van der Waals surface area contributed by atoms with Crippen LogP contribution < -0.4 is 47.9 Å². The van der Waals surface area contributed by atoms with Gasteiger partial charge in [-0.2, -0.15) is 0 Å². The van der Waals surface area contributed by atoms with Crippen LogP contribution in [-0.4, -0.2) is 104 Å². The van der Waals surface area contributed by atoms with E-state index in [1.54, 1.807) is 36.4 Å². The number of fused-ring (bicyclic) bond motifs is 5. The molecule has 3 rings (SSSR count). The lowest BCUT2D eigenvalue weighted by molar-refractivity contribution is -0.143. The summed E-state index contributed by atoms with van der Waals surface area (Å²) in [6.07, 6.45) is -0.566. The molecule has 0 saturated heterocycles. The molecule has 0 aliphatic carbocycles. The number of primary amides is 1. The van der Waals surface area contributed by atoms with E-state index in [0.29, 0.717) is 28.2 Å². The average Bonchev–Trinajstić information content (AvgIpc) is 3.08. The van der Waals surface area contributed by atoms with Crippen LogP contribution in [-0.2, 0) is 40.0 Å². The van der Waals surface area contributed by atoms with Gasteiger partial charge in [0.05, 0.1) is 12.5 Å². The predicted molar refractivity (Wildman–Crippen MR) is 189 cm³/mol. The Kier molecular flexibility index (Phi) is 14.6. The highest BCUT2D eigenvalue weighted by molar-refractivity contribution is 5.98. The largest absolute Gasteiger partial charge is 0.492 e. The standard InChI is InChI=1S/C35H48N8O9/c1-18(20(3)44)39-33(48)26-15-22-6-8-28(51-12-10-36)24(14-22)25-16-23(7-9-29(25)52-13-11-37)31(34(49)40-19(2)32(47)42-26)43(5)35(50)27(17-30(38)46)41-21(4)45/h6-9,14,16,18-19,26-27,31H,10-13,15,17,36-37H2,1-5H3,(H2,38,46)(H,39,48)(H,40,49)(H,41,45)(H,42,47)/t18-,19-,26-,27-,31-/m0/s1. The van der Waals surface area contributed by atoms with Crippen LogP contribution in [0.1, 0.15) is 51.3 Å². The molecule has 6 amide bonds. The summed E-state index contributed by atoms with van der Waals surface area (Å²) < 4.78 is 12.0. The third-order valence-electron chi connectivity index (χ3n) is 8.26. The van der Waals surface area contributed by atoms with E-state index in [-0.39, 0.29) is 44.1 Å². The fourth-order valence-electron chi connectivity index (χ4n) is 5.52. The molecule has 10 N–H and O–H groups in total. The van der Waals surface area contributed by atoms with Crippen LogP contribution in [0.15, 0.2) is 36.4 Å². The molecule has 5 atom stereocenters. The van der Waals surface area contributed by atoms with Gasteiger partial charge in [-0.25, -0.2) is 0 Å². The summed E-state index contributed by atoms with van der Waals surface area (Å²) in [7, 11) is 1.31. The number of ether oxygens (including phenoxy) is 2. The van der Waals surface area contributed by atoms with E-state index in [4.69, 9.17) is 26.7 Å². The fourth-order valence-corrected chi connectivity index (χ4v) is 5.52. The number of carbonyl (C=O) groups excluding carboxylic acids is 7. The van der Waals surface area contributed by atoms with Gasteiger partial charge in [-0.3, -0.25) is 33.6 Å². The number of nitrogens with zero attached hydrogens (tertiary/aromatic N) is 1. The third-order valence-corrected chi connectivity index (χ3v) is 8.26. The lowest BCUT2D eigenvalue weighted by Crippen LogP contribution is -2.56. The Hall–Kier alpha value is -5.55. The Morgan fingerprint density at radius 1 is 0.904 bits per heavy atom. The Labute approximate surface area is 301 Å². The van der Waals surface area contributed by atoms with Gasteiger partial charge in [0.1, 0.15) is 48.9 Å². The van der Waals surface area contributed by atoms with Crippen molar-refractivity contribution in [1.82, 2.24) is 26.2 Å². The number of hydrogen-bond donors (Lipinski definition) is 7. The van der Waals surface area contributed by atoms with Crippen molar-refractivity contribution in [3.05, 3.63) is 47.5 Å². The molecule has 0 unspecified atom stereocenters. The summed E-state index contributed by atoms with van der Waals surface area (Å²) in [5, 5.41) is 10.3. The fraction of sp³-hybridized carbons (Fsp3) is 0.457. The number of amides is 6. The molecule has 0 spiro atoms. The van der Waals surface area contributed by atoms with Gasteiger partial charge in [-0.15, -0.1) is 0 Å². The van der Waals surface area contributed by atoms with E-state index in [2.05, 4.69) is 21.3 Å². The van der Waals surface area contributed by atoms with Crippen molar-refractivity contribution >= 4 is 41.2 Å². The molecule has 1 heterocycles. The number of rotatable bonds is 14. The molecule has 17 nitrogen and oxygen atoms in total. The van der Waals surface area contributed by atoms with Gasteiger partial charge in [-0.1, -0.05) is 12.1 Å². The molecular formula is C35H48N8O9. The molecule has 1 aliphatic rings. The number of benzene rings is 2. The van der Waals surface area contributed by atoms with Crippen molar-refractivity contribution in [1.29, 1.82) is 0 Å². The van der Waals surface area contributed by atoms with Gasteiger partial charge in [0.25, 0.3) is 0 Å². The summed E-state index contributed by atoms with van der Waals surface area (Å²) in [5.74, 6) is -4.05. The first-order valence-electron chi connectivity index (χ1n) is 16.7. The van der Waals surface area contributed by atoms with Crippen LogP contribution in [0.2, 0.25) is 0 Å².